The van der Waals surface area contributed by atoms with E-state index in [1.165, 1.54) is 17.7 Å². The van der Waals surface area contributed by atoms with E-state index in [4.69, 9.17) is 5.73 Å². The Morgan fingerprint density at radius 1 is 1.15 bits per heavy atom. The fraction of sp³-hybridized carbons (Fsp3) is 0. The molecule has 0 bridgehead atoms. The Kier molecular flexibility index (Phi) is 3.18. The summed E-state index contributed by atoms with van der Waals surface area (Å²) >= 11 is 1.45. The van der Waals surface area contributed by atoms with Gasteiger partial charge in [-0.3, -0.25) is 4.79 Å². The number of rotatable bonds is 3. The normalized spacial score (nSPS) is 10.4. The van der Waals surface area contributed by atoms with Gasteiger partial charge in [-0.2, -0.15) is 0 Å². The molecule has 0 spiro atoms. The molecule has 98 valence electrons. The van der Waals surface area contributed by atoms with Gasteiger partial charge in [-0.15, -0.1) is 11.3 Å². The van der Waals surface area contributed by atoms with Crippen LogP contribution in [0.15, 0.2) is 43.1 Å². The van der Waals surface area contributed by atoms with Crippen LogP contribution in [0.1, 0.15) is 10.5 Å². The Bertz CT molecular complexity index is 756. The van der Waals surface area contributed by atoms with Crippen molar-refractivity contribution in [1.29, 1.82) is 0 Å². The highest BCUT2D eigenvalue weighted by Crippen LogP contribution is 2.30. The van der Waals surface area contributed by atoms with Crippen molar-refractivity contribution in [1.82, 2.24) is 19.9 Å². The fourth-order valence-electron chi connectivity index (χ4n) is 1.64. The molecule has 20 heavy (non-hydrogen) atoms. The molecule has 0 aliphatic rings. The van der Waals surface area contributed by atoms with Crippen molar-refractivity contribution in [2.45, 2.75) is 0 Å². The highest BCUT2D eigenvalue weighted by molar-refractivity contribution is 7.18. The number of nitrogens with zero attached hydrogens (tertiary/aromatic N) is 4. The molecule has 0 radical (unpaired) electrons. The van der Waals surface area contributed by atoms with Gasteiger partial charge in [-0.05, 0) is 12.1 Å². The molecule has 0 fully saturated rings. The molecule has 1 amide bonds. The van der Waals surface area contributed by atoms with Gasteiger partial charge in [0.1, 0.15) is 17.0 Å². The number of aromatic nitrogens is 4. The van der Waals surface area contributed by atoms with E-state index in [1.807, 2.05) is 6.07 Å². The van der Waals surface area contributed by atoms with E-state index < -0.39 is 5.91 Å². The third-order valence-corrected chi connectivity index (χ3v) is 3.64. The average molecular weight is 283 g/mol. The van der Waals surface area contributed by atoms with Gasteiger partial charge in [0.25, 0.3) is 5.91 Å². The van der Waals surface area contributed by atoms with Crippen LogP contribution in [-0.4, -0.2) is 25.8 Å². The summed E-state index contributed by atoms with van der Waals surface area (Å²) in [5.41, 5.74) is 6.97. The Morgan fingerprint density at radius 3 is 2.70 bits per heavy atom. The Labute approximate surface area is 118 Å². The number of hydrogen-bond acceptors (Lipinski definition) is 6. The molecule has 0 saturated carbocycles. The van der Waals surface area contributed by atoms with Gasteiger partial charge in [0, 0.05) is 24.2 Å². The van der Waals surface area contributed by atoms with Crippen molar-refractivity contribution in [2.24, 2.45) is 5.73 Å². The maximum Gasteiger partial charge on any atom is 0.267 e. The maximum atomic E-state index is 11.1. The van der Waals surface area contributed by atoms with E-state index in [9.17, 15) is 4.79 Å². The zero-order chi connectivity index (χ0) is 13.9. The molecule has 0 aliphatic carbocycles. The van der Waals surface area contributed by atoms with E-state index in [-0.39, 0.29) is 5.69 Å². The van der Waals surface area contributed by atoms with Crippen LogP contribution in [0, 0.1) is 0 Å². The number of carbonyl (C=O) groups excluding carboxylic acids is 1. The number of primary amides is 1. The van der Waals surface area contributed by atoms with Crippen molar-refractivity contribution >= 4 is 17.2 Å². The molecular formula is C13H9N5OS. The van der Waals surface area contributed by atoms with Crippen LogP contribution in [0.3, 0.4) is 0 Å². The minimum atomic E-state index is -0.548. The molecule has 3 aromatic rings. The highest BCUT2D eigenvalue weighted by atomic mass is 32.1. The molecular weight excluding hydrogens is 274 g/mol. The van der Waals surface area contributed by atoms with Gasteiger partial charge in [-0.25, -0.2) is 19.9 Å². The van der Waals surface area contributed by atoms with E-state index in [2.05, 4.69) is 19.9 Å². The number of carbonyl (C=O) groups is 1. The second kappa shape index (κ2) is 5.14. The second-order valence-corrected chi connectivity index (χ2v) is 4.96. The summed E-state index contributed by atoms with van der Waals surface area (Å²) in [6.45, 7) is 0. The van der Waals surface area contributed by atoms with Crippen LogP contribution in [0.5, 0.6) is 0 Å². The van der Waals surface area contributed by atoms with Crippen molar-refractivity contribution < 1.29 is 4.79 Å². The molecule has 3 rings (SSSR count). The predicted molar refractivity (Wildman–Crippen MR) is 74.9 cm³/mol. The minimum Gasteiger partial charge on any atom is -0.364 e. The van der Waals surface area contributed by atoms with Crippen LogP contribution in [0.2, 0.25) is 0 Å². The third-order valence-electron chi connectivity index (χ3n) is 2.57. The summed E-state index contributed by atoms with van der Waals surface area (Å²) in [5, 5.41) is 0.798. The Balaban J connectivity index is 1.98. The summed E-state index contributed by atoms with van der Waals surface area (Å²) in [7, 11) is 0. The quantitative estimate of drug-likeness (QED) is 0.790. The monoisotopic (exact) mass is 283 g/mol. The van der Waals surface area contributed by atoms with Crippen LogP contribution < -0.4 is 5.73 Å². The molecule has 0 aromatic carbocycles. The first-order valence-electron chi connectivity index (χ1n) is 5.72. The smallest absolute Gasteiger partial charge is 0.267 e. The lowest BCUT2D eigenvalue weighted by molar-refractivity contribution is 0.0995. The summed E-state index contributed by atoms with van der Waals surface area (Å²) in [6, 6.07) is 5.14. The summed E-state index contributed by atoms with van der Waals surface area (Å²) in [5.74, 6) is -0.548. The van der Waals surface area contributed by atoms with Crippen LogP contribution >= 0.6 is 11.3 Å². The first-order chi connectivity index (χ1) is 9.74. The maximum absolute atomic E-state index is 11.1. The molecule has 2 N–H and O–H groups in total. The average Bonchev–Trinajstić information content (AvgIpc) is 2.98. The Morgan fingerprint density at radius 2 is 1.95 bits per heavy atom. The van der Waals surface area contributed by atoms with E-state index in [0.29, 0.717) is 5.69 Å². The molecule has 0 saturated heterocycles. The Hall–Kier alpha value is -2.67. The first-order valence-corrected chi connectivity index (χ1v) is 6.54. The summed E-state index contributed by atoms with van der Waals surface area (Å²) in [6.07, 6.45) is 6.57. The molecule has 7 heteroatoms. The zero-order valence-electron chi connectivity index (χ0n) is 10.2. The second-order valence-electron chi connectivity index (χ2n) is 3.93. The summed E-state index contributed by atoms with van der Waals surface area (Å²) in [4.78, 5) is 28.4. The molecule has 6 nitrogen and oxygen atoms in total. The number of thiazole rings is 1. The van der Waals surface area contributed by atoms with Crippen molar-refractivity contribution in [3.05, 3.63) is 48.8 Å². The van der Waals surface area contributed by atoms with Gasteiger partial charge in [0.2, 0.25) is 0 Å². The van der Waals surface area contributed by atoms with Crippen molar-refractivity contribution in [3.8, 4) is 21.1 Å². The van der Waals surface area contributed by atoms with Crippen LogP contribution in [-0.2, 0) is 0 Å². The van der Waals surface area contributed by atoms with Crippen molar-refractivity contribution in [2.75, 3.05) is 0 Å². The molecule has 3 heterocycles. The highest BCUT2D eigenvalue weighted by Gasteiger charge is 2.10. The van der Waals surface area contributed by atoms with Gasteiger partial charge in [0.15, 0.2) is 0 Å². The zero-order valence-corrected chi connectivity index (χ0v) is 11.0. The summed E-state index contributed by atoms with van der Waals surface area (Å²) < 4.78 is 0. The molecule has 0 unspecified atom stereocenters. The first kappa shape index (κ1) is 12.4. The topological polar surface area (TPSA) is 94.7 Å². The number of nitrogens with two attached hydrogens (primary N) is 1. The molecule has 0 atom stereocenters. The minimum absolute atomic E-state index is 0.237. The molecule has 3 aromatic heterocycles. The fourth-order valence-corrected chi connectivity index (χ4v) is 2.51. The molecule has 0 aliphatic heterocycles. The van der Waals surface area contributed by atoms with E-state index in [0.717, 1.165) is 15.4 Å². The van der Waals surface area contributed by atoms with Gasteiger partial charge < -0.3 is 5.73 Å². The van der Waals surface area contributed by atoms with Gasteiger partial charge in [0.05, 0.1) is 10.6 Å². The number of amides is 1. The third kappa shape index (κ3) is 2.39. The van der Waals surface area contributed by atoms with Gasteiger partial charge >= 0.3 is 0 Å². The van der Waals surface area contributed by atoms with E-state index >= 15 is 0 Å². The SMILES string of the molecule is NC(=O)c1cccc(-c2cnc(-c3cncnc3)s2)n1. The number of pyridine rings is 1. The number of hydrogen-bond donors (Lipinski definition) is 1. The van der Waals surface area contributed by atoms with E-state index in [1.54, 1.807) is 30.7 Å². The van der Waals surface area contributed by atoms with Crippen LogP contribution in [0.4, 0.5) is 0 Å². The van der Waals surface area contributed by atoms with Crippen LogP contribution in [0.25, 0.3) is 21.1 Å². The standard InChI is InChI=1S/C13H9N5OS/c14-12(19)10-3-1-2-9(18-10)11-6-17-13(20-11)8-4-15-7-16-5-8/h1-7H,(H2,14,19). The lowest BCUT2D eigenvalue weighted by Crippen LogP contribution is -2.12. The lowest BCUT2D eigenvalue weighted by Gasteiger charge is -1.98. The lowest BCUT2D eigenvalue weighted by atomic mass is 10.3. The largest absolute Gasteiger partial charge is 0.364 e. The van der Waals surface area contributed by atoms with Gasteiger partial charge in [-0.1, -0.05) is 6.07 Å². The van der Waals surface area contributed by atoms with Crippen molar-refractivity contribution in [3.63, 3.8) is 0 Å². The predicted octanol–water partition coefficient (Wildman–Crippen LogP) is 1.76.